The molecule has 0 spiro atoms. The standard InChI is InChI=1S/C14H16N2O4/c17-12(7-8-13(18)19)16-11-4-2-1-3-10(11)14(20)15-9-5-6-9/h1-4,9H,5-8H2,(H,15,20)(H,16,17)(H,18,19)/p-1. The monoisotopic (exact) mass is 275 g/mol. The summed E-state index contributed by atoms with van der Waals surface area (Å²) in [5.41, 5.74) is 0.759. The minimum Gasteiger partial charge on any atom is -0.550 e. The van der Waals surface area contributed by atoms with E-state index in [-0.39, 0.29) is 24.8 Å². The zero-order valence-corrected chi connectivity index (χ0v) is 10.8. The molecule has 2 N–H and O–H groups in total. The number of para-hydroxylation sites is 1. The van der Waals surface area contributed by atoms with E-state index in [4.69, 9.17) is 0 Å². The van der Waals surface area contributed by atoms with Crippen LogP contribution in [0.25, 0.3) is 0 Å². The summed E-state index contributed by atoms with van der Waals surface area (Å²) in [6.07, 6.45) is 1.43. The van der Waals surface area contributed by atoms with Crippen molar-refractivity contribution in [1.29, 1.82) is 0 Å². The number of hydrogen-bond donors (Lipinski definition) is 2. The second-order valence-corrected chi connectivity index (χ2v) is 4.71. The van der Waals surface area contributed by atoms with Crippen molar-refractivity contribution >= 4 is 23.5 Å². The van der Waals surface area contributed by atoms with Gasteiger partial charge in [-0.1, -0.05) is 12.1 Å². The maximum atomic E-state index is 12.0. The Balaban J connectivity index is 2.01. The number of carbonyl (C=O) groups is 3. The molecule has 0 heterocycles. The highest BCUT2D eigenvalue weighted by Crippen LogP contribution is 2.21. The number of carboxylic acid groups (broad SMARTS) is 1. The molecule has 20 heavy (non-hydrogen) atoms. The molecule has 0 radical (unpaired) electrons. The quantitative estimate of drug-likeness (QED) is 0.766. The molecule has 0 bridgehead atoms. The summed E-state index contributed by atoms with van der Waals surface area (Å²) in [6.45, 7) is 0. The van der Waals surface area contributed by atoms with Crippen LogP contribution in [0.3, 0.4) is 0 Å². The normalized spacial score (nSPS) is 13.6. The van der Waals surface area contributed by atoms with Crippen LogP contribution >= 0.6 is 0 Å². The van der Waals surface area contributed by atoms with Crippen molar-refractivity contribution in [1.82, 2.24) is 5.32 Å². The fraction of sp³-hybridized carbons (Fsp3) is 0.357. The summed E-state index contributed by atoms with van der Waals surface area (Å²) in [7, 11) is 0. The highest BCUT2D eigenvalue weighted by atomic mass is 16.4. The fourth-order valence-corrected chi connectivity index (χ4v) is 1.71. The van der Waals surface area contributed by atoms with Crippen molar-refractivity contribution in [2.75, 3.05) is 5.32 Å². The van der Waals surface area contributed by atoms with Gasteiger partial charge in [0.15, 0.2) is 0 Å². The second kappa shape index (κ2) is 6.18. The summed E-state index contributed by atoms with van der Waals surface area (Å²) < 4.78 is 0. The largest absolute Gasteiger partial charge is 0.550 e. The third-order valence-electron chi connectivity index (χ3n) is 2.91. The Morgan fingerprint density at radius 3 is 2.50 bits per heavy atom. The van der Waals surface area contributed by atoms with Crippen molar-refractivity contribution < 1.29 is 19.5 Å². The van der Waals surface area contributed by atoms with Gasteiger partial charge in [-0.25, -0.2) is 0 Å². The van der Waals surface area contributed by atoms with Gasteiger partial charge in [0.05, 0.1) is 11.3 Å². The Kier molecular flexibility index (Phi) is 4.34. The van der Waals surface area contributed by atoms with Gasteiger partial charge in [0.2, 0.25) is 5.91 Å². The van der Waals surface area contributed by atoms with E-state index >= 15 is 0 Å². The third-order valence-corrected chi connectivity index (χ3v) is 2.91. The molecular formula is C14H15N2O4-. The number of amides is 2. The Labute approximate surface area is 116 Å². The topological polar surface area (TPSA) is 98.3 Å². The third kappa shape index (κ3) is 4.08. The average molecular weight is 275 g/mol. The van der Waals surface area contributed by atoms with Crippen LogP contribution in [-0.4, -0.2) is 23.8 Å². The van der Waals surface area contributed by atoms with E-state index in [0.29, 0.717) is 11.3 Å². The summed E-state index contributed by atoms with van der Waals surface area (Å²) >= 11 is 0. The highest BCUT2D eigenvalue weighted by Gasteiger charge is 2.24. The van der Waals surface area contributed by atoms with Crippen LogP contribution in [0.4, 0.5) is 5.69 Å². The predicted molar refractivity (Wildman–Crippen MR) is 69.8 cm³/mol. The average Bonchev–Trinajstić information content (AvgIpc) is 3.21. The van der Waals surface area contributed by atoms with E-state index in [9.17, 15) is 19.5 Å². The molecule has 0 saturated heterocycles. The molecule has 1 aliphatic carbocycles. The summed E-state index contributed by atoms with van der Waals surface area (Å²) in [4.78, 5) is 33.9. The molecule has 2 rings (SSSR count). The summed E-state index contributed by atoms with van der Waals surface area (Å²) in [5, 5.41) is 15.7. The van der Waals surface area contributed by atoms with Gasteiger partial charge in [0, 0.05) is 18.4 Å². The smallest absolute Gasteiger partial charge is 0.253 e. The number of aliphatic carboxylic acids is 1. The lowest BCUT2D eigenvalue weighted by molar-refractivity contribution is -0.305. The van der Waals surface area contributed by atoms with Crippen molar-refractivity contribution in [3.8, 4) is 0 Å². The number of carbonyl (C=O) groups excluding carboxylic acids is 3. The number of benzene rings is 1. The summed E-state index contributed by atoms with van der Waals surface area (Å²) in [5.74, 6) is -1.97. The Bertz CT molecular complexity index is 538. The molecule has 0 aliphatic heterocycles. The van der Waals surface area contributed by atoms with Crippen LogP contribution in [0.2, 0.25) is 0 Å². The van der Waals surface area contributed by atoms with Gasteiger partial charge in [-0.15, -0.1) is 0 Å². The van der Waals surface area contributed by atoms with Crippen molar-refractivity contribution in [3.05, 3.63) is 29.8 Å². The van der Waals surface area contributed by atoms with E-state index in [2.05, 4.69) is 10.6 Å². The van der Waals surface area contributed by atoms with Gasteiger partial charge >= 0.3 is 0 Å². The van der Waals surface area contributed by atoms with Crippen LogP contribution in [0.5, 0.6) is 0 Å². The van der Waals surface area contributed by atoms with Gasteiger partial charge in [-0.3, -0.25) is 9.59 Å². The molecule has 0 unspecified atom stereocenters. The van der Waals surface area contributed by atoms with Crippen LogP contribution < -0.4 is 15.7 Å². The van der Waals surface area contributed by atoms with Gasteiger partial charge in [0.25, 0.3) is 5.91 Å². The van der Waals surface area contributed by atoms with Crippen molar-refractivity contribution in [2.24, 2.45) is 0 Å². The first-order valence-corrected chi connectivity index (χ1v) is 6.46. The first-order valence-electron chi connectivity index (χ1n) is 6.46. The minimum atomic E-state index is -1.28. The predicted octanol–water partition coefficient (Wildman–Crippen LogP) is 0.0474. The molecule has 6 nitrogen and oxygen atoms in total. The molecule has 106 valence electrons. The van der Waals surface area contributed by atoms with Crippen molar-refractivity contribution in [3.63, 3.8) is 0 Å². The van der Waals surface area contributed by atoms with Gasteiger partial charge in [-0.05, 0) is 31.4 Å². The number of nitrogens with one attached hydrogen (secondary N) is 2. The fourth-order valence-electron chi connectivity index (χ4n) is 1.71. The second-order valence-electron chi connectivity index (χ2n) is 4.71. The lowest BCUT2D eigenvalue weighted by Crippen LogP contribution is -2.27. The molecule has 1 fully saturated rings. The lowest BCUT2D eigenvalue weighted by atomic mass is 10.1. The number of carboxylic acids is 1. The van der Waals surface area contributed by atoms with Gasteiger partial charge in [0.1, 0.15) is 0 Å². The molecule has 1 aliphatic rings. The summed E-state index contributed by atoms with van der Waals surface area (Å²) in [6, 6.07) is 6.86. The number of rotatable bonds is 6. The van der Waals surface area contributed by atoms with E-state index in [1.165, 1.54) is 0 Å². The molecule has 1 aromatic carbocycles. The molecular weight excluding hydrogens is 260 g/mol. The molecule has 1 aromatic rings. The zero-order chi connectivity index (χ0) is 14.5. The van der Waals surface area contributed by atoms with Crippen LogP contribution in [0, 0.1) is 0 Å². The van der Waals surface area contributed by atoms with E-state index < -0.39 is 11.9 Å². The van der Waals surface area contributed by atoms with E-state index in [1.54, 1.807) is 24.3 Å². The van der Waals surface area contributed by atoms with E-state index in [1.807, 2.05) is 0 Å². The first-order chi connectivity index (χ1) is 9.56. The zero-order valence-electron chi connectivity index (χ0n) is 10.8. The highest BCUT2D eigenvalue weighted by molar-refractivity contribution is 6.04. The maximum Gasteiger partial charge on any atom is 0.253 e. The van der Waals surface area contributed by atoms with Crippen LogP contribution in [-0.2, 0) is 9.59 Å². The molecule has 2 amide bonds. The Morgan fingerprint density at radius 1 is 1.15 bits per heavy atom. The SMILES string of the molecule is O=C([O-])CCC(=O)Nc1ccccc1C(=O)NC1CC1. The lowest BCUT2D eigenvalue weighted by Gasteiger charge is -2.11. The molecule has 6 heteroatoms. The number of hydrogen-bond acceptors (Lipinski definition) is 4. The first kappa shape index (κ1) is 14.0. The van der Waals surface area contributed by atoms with Crippen LogP contribution in [0.15, 0.2) is 24.3 Å². The van der Waals surface area contributed by atoms with Crippen LogP contribution in [0.1, 0.15) is 36.0 Å². The van der Waals surface area contributed by atoms with E-state index in [0.717, 1.165) is 12.8 Å². The maximum absolute atomic E-state index is 12.0. The molecule has 0 aromatic heterocycles. The molecule has 0 atom stereocenters. The number of anilines is 1. The Morgan fingerprint density at radius 2 is 1.85 bits per heavy atom. The van der Waals surface area contributed by atoms with Gasteiger partial charge in [-0.2, -0.15) is 0 Å². The minimum absolute atomic E-state index is 0.180. The van der Waals surface area contributed by atoms with Gasteiger partial charge < -0.3 is 20.5 Å². The Hall–Kier alpha value is -2.37. The molecule has 1 saturated carbocycles. The van der Waals surface area contributed by atoms with Crippen molar-refractivity contribution in [2.45, 2.75) is 31.7 Å².